The highest BCUT2D eigenvalue weighted by atomic mass is 32.1. The number of methoxy groups -OCH3 is 2. The van der Waals surface area contributed by atoms with Crippen LogP contribution in [0.1, 0.15) is 67.9 Å². The fourth-order valence-corrected chi connectivity index (χ4v) is 6.38. The Morgan fingerprint density at radius 3 is 2.62 bits per heavy atom. The first-order valence-electron chi connectivity index (χ1n) is 14.7. The summed E-state index contributed by atoms with van der Waals surface area (Å²) in [6.45, 7) is 5.54. The Labute approximate surface area is 264 Å². The highest BCUT2D eigenvalue weighted by Crippen LogP contribution is 2.40. The van der Waals surface area contributed by atoms with Crippen molar-refractivity contribution in [1.82, 2.24) is 20.2 Å². The van der Waals surface area contributed by atoms with Gasteiger partial charge in [0.05, 0.1) is 42.9 Å². The van der Waals surface area contributed by atoms with Crippen molar-refractivity contribution in [2.45, 2.75) is 77.2 Å². The molecule has 2 aromatic heterocycles. The summed E-state index contributed by atoms with van der Waals surface area (Å²) in [4.78, 5) is 48.4. The molecule has 0 saturated heterocycles. The molecule has 1 aliphatic carbocycles. The second-order valence-electron chi connectivity index (χ2n) is 11.9. The van der Waals surface area contributed by atoms with Gasteiger partial charge in [-0.1, -0.05) is 24.2 Å². The lowest BCUT2D eigenvalue weighted by Gasteiger charge is -2.34. The maximum atomic E-state index is 16.4. The van der Waals surface area contributed by atoms with Crippen LogP contribution in [-0.2, 0) is 22.6 Å². The number of halogens is 1. The number of hydrogen-bond acceptors (Lipinski definition) is 10. The average Bonchev–Trinajstić information content (AvgIpc) is 3.59. The van der Waals surface area contributed by atoms with Gasteiger partial charge in [-0.05, 0) is 45.7 Å². The number of anilines is 2. The van der Waals surface area contributed by atoms with Crippen LogP contribution in [0.4, 0.5) is 20.1 Å². The molecule has 45 heavy (non-hydrogen) atoms. The molecule has 3 aromatic rings. The minimum absolute atomic E-state index is 0.00187. The SMILES string of the molecule is COc1ccc(CN2Cc3c(F)c(NC4CCCCC4NC(=O)OC(C)(C)C)nc(-c4cnc(NC=O)s4)c3C2=O)c(OC)c1. The van der Waals surface area contributed by atoms with E-state index in [1.54, 1.807) is 46.1 Å². The Morgan fingerprint density at radius 1 is 1.18 bits per heavy atom. The van der Waals surface area contributed by atoms with Crippen molar-refractivity contribution < 1.29 is 33.0 Å². The molecule has 0 spiro atoms. The zero-order valence-corrected chi connectivity index (χ0v) is 26.7. The number of nitrogens with one attached hydrogen (secondary N) is 3. The molecule has 3 amide bonds. The van der Waals surface area contributed by atoms with Gasteiger partial charge >= 0.3 is 6.09 Å². The van der Waals surface area contributed by atoms with Crippen molar-refractivity contribution in [2.75, 3.05) is 24.9 Å². The number of ether oxygens (including phenoxy) is 3. The standard InChI is InChI=1S/C31H37FN6O6S/c1-31(2,3)44-30(41)36-21-9-7-6-8-20(21)35-27-25(32)19-15-38(14-17-10-11-18(42-4)12-22(17)43-5)28(40)24(19)26(37-27)23-13-33-29(45-23)34-16-39/h10-13,16,20-21H,6-9,14-15H2,1-5H3,(H,35,37)(H,36,41)(H,33,34,39). The molecule has 2 aliphatic rings. The Morgan fingerprint density at radius 2 is 1.93 bits per heavy atom. The van der Waals surface area contributed by atoms with E-state index in [1.165, 1.54) is 18.2 Å². The summed E-state index contributed by atoms with van der Waals surface area (Å²) < 4.78 is 32.6. The van der Waals surface area contributed by atoms with Crippen molar-refractivity contribution in [1.29, 1.82) is 0 Å². The third kappa shape index (κ3) is 7.11. The topological polar surface area (TPSA) is 144 Å². The van der Waals surface area contributed by atoms with Crippen LogP contribution in [0, 0.1) is 5.82 Å². The summed E-state index contributed by atoms with van der Waals surface area (Å²) >= 11 is 1.12. The zero-order valence-electron chi connectivity index (χ0n) is 25.9. The predicted molar refractivity (Wildman–Crippen MR) is 167 cm³/mol. The number of thiazole rings is 1. The molecular weight excluding hydrogens is 603 g/mol. The van der Waals surface area contributed by atoms with Gasteiger partial charge in [-0.2, -0.15) is 0 Å². The van der Waals surface area contributed by atoms with Gasteiger partial charge in [0.15, 0.2) is 16.8 Å². The molecule has 14 heteroatoms. The third-order valence-electron chi connectivity index (χ3n) is 7.65. The van der Waals surface area contributed by atoms with Crippen LogP contribution in [0.2, 0.25) is 0 Å². The number of benzene rings is 1. The van der Waals surface area contributed by atoms with Gasteiger partial charge in [0, 0.05) is 36.0 Å². The van der Waals surface area contributed by atoms with E-state index < -0.39 is 23.4 Å². The first-order chi connectivity index (χ1) is 21.5. The number of pyridine rings is 1. The summed E-state index contributed by atoms with van der Waals surface area (Å²) in [5.74, 6) is 0.0839. The van der Waals surface area contributed by atoms with Gasteiger partial charge in [-0.15, -0.1) is 0 Å². The minimum atomic E-state index is -0.662. The second-order valence-corrected chi connectivity index (χ2v) is 12.9. The van der Waals surface area contributed by atoms with Crippen LogP contribution in [-0.4, -0.2) is 65.2 Å². The second kappa shape index (κ2) is 13.3. The molecule has 3 heterocycles. The third-order valence-corrected chi connectivity index (χ3v) is 8.59. The summed E-state index contributed by atoms with van der Waals surface area (Å²) in [5, 5.41) is 9.00. The van der Waals surface area contributed by atoms with E-state index in [4.69, 9.17) is 14.2 Å². The van der Waals surface area contributed by atoms with Crippen LogP contribution in [0.3, 0.4) is 0 Å². The first-order valence-corrected chi connectivity index (χ1v) is 15.5. The lowest BCUT2D eigenvalue weighted by molar-refractivity contribution is -0.105. The molecule has 240 valence electrons. The van der Waals surface area contributed by atoms with E-state index >= 15 is 4.39 Å². The summed E-state index contributed by atoms with van der Waals surface area (Å²) in [5.41, 5.74) is 0.656. The van der Waals surface area contributed by atoms with E-state index in [1.807, 2.05) is 0 Å². The van der Waals surface area contributed by atoms with Crippen LogP contribution >= 0.6 is 11.3 Å². The van der Waals surface area contributed by atoms with Crippen LogP contribution in [0.15, 0.2) is 24.4 Å². The fourth-order valence-electron chi connectivity index (χ4n) is 5.61. The zero-order chi connectivity index (χ0) is 32.3. The Hall–Kier alpha value is -4.46. The molecule has 1 saturated carbocycles. The van der Waals surface area contributed by atoms with Crippen LogP contribution < -0.4 is 25.4 Å². The highest BCUT2D eigenvalue weighted by Gasteiger charge is 2.38. The molecule has 3 N–H and O–H groups in total. The number of rotatable bonds is 10. The van der Waals surface area contributed by atoms with Gasteiger partial charge in [0.25, 0.3) is 5.91 Å². The number of fused-ring (bicyclic) bond motifs is 1. The quantitative estimate of drug-likeness (QED) is 0.250. The van der Waals surface area contributed by atoms with Gasteiger partial charge in [0.1, 0.15) is 17.1 Å². The molecule has 0 radical (unpaired) electrons. The van der Waals surface area contributed by atoms with E-state index in [-0.39, 0.29) is 47.8 Å². The van der Waals surface area contributed by atoms with E-state index in [9.17, 15) is 14.4 Å². The molecule has 1 aromatic carbocycles. The van der Waals surface area contributed by atoms with Crippen LogP contribution in [0.25, 0.3) is 10.6 Å². The fraction of sp³-hybridized carbons (Fsp3) is 0.452. The van der Waals surface area contributed by atoms with Crippen molar-refractivity contribution in [3.05, 3.63) is 46.9 Å². The normalized spacial score (nSPS) is 17.8. The summed E-state index contributed by atoms with van der Waals surface area (Å²) in [7, 11) is 3.08. The highest BCUT2D eigenvalue weighted by molar-refractivity contribution is 7.19. The summed E-state index contributed by atoms with van der Waals surface area (Å²) in [6.07, 6.45) is 4.60. The number of carbonyl (C=O) groups is 3. The maximum absolute atomic E-state index is 16.4. The van der Waals surface area contributed by atoms with Gasteiger partial charge in [0.2, 0.25) is 6.41 Å². The van der Waals surface area contributed by atoms with Crippen molar-refractivity contribution in [3.63, 3.8) is 0 Å². The predicted octanol–water partition coefficient (Wildman–Crippen LogP) is 5.33. The molecule has 1 aliphatic heterocycles. The Balaban J connectivity index is 1.49. The average molecular weight is 641 g/mol. The largest absolute Gasteiger partial charge is 0.497 e. The molecule has 0 bridgehead atoms. The molecular formula is C31H37FN6O6S. The van der Waals surface area contributed by atoms with Crippen LogP contribution in [0.5, 0.6) is 11.5 Å². The Bertz CT molecular complexity index is 1590. The smallest absolute Gasteiger partial charge is 0.407 e. The number of aromatic nitrogens is 2. The Kier molecular flexibility index (Phi) is 9.42. The maximum Gasteiger partial charge on any atom is 0.407 e. The molecule has 2 unspecified atom stereocenters. The van der Waals surface area contributed by atoms with E-state index in [0.717, 1.165) is 29.7 Å². The van der Waals surface area contributed by atoms with Crippen molar-refractivity contribution in [3.8, 4) is 22.1 Å². The van der Waals surface area contributed by atoms with Gasteiger partial charge in [-0.3, -0.25) is 9.59 Å². The minimum Gasteiger partial charge on any atom is -0.497 e. The summed E-state index contributed by atoms with van der Waals surface area (Å²) in [6, 6.07) is 4.65. The number of carbonyl (C=O) groups excluding carboxylic acids is 3. The van der Waals surface area contributed by atoms with Crippen molar-refractivity contribution >= 4 is 40.7 Å². The van der Waals surface area contributed by atoms with E-state index in [2.05, 4.69) is 25.9 Å². The lowest BCUT2D eigenvalue weighted by Crippen LogP contribution is -2.50. The molecule has 5 rings (SSSR count). The van der Waals surface area contributed by atoms with Crippen molar-refractivity contribution in [2.24, 2.45) is 0 Å². The van der Waals surface area contributed by atoms with E-state index in [0.29, 0.717) is 40.8 Å². The molecule has 2 atom stereocenters. The number of hydrogen-bond donors (Lipinski definition) is 3. The number of nitrogens with zero attached hydrogens (tertiary/aromatic N) is 3. The molecule has 12 nitrogen and oxygen atoms in total. The molecule has 1 fully saturated rings. The number of alkyl carbamates (subject to hydrolysis) is 1. The van der Waals surface area contributed by atoms with Gasteiger partial charge in [-0.25, -0.2) is 19.2 Å². The first kappa shape index (κ1) is 31.9. The number of amides is 3. The monoisotopic (exact) mass is 640 g/mol. The lowest BCUT2D eigenvalue weighted by atomic mass is 9.90. The van der Waals surface area contributed by atoms with Gasteiger partial charge < -0.3 is 35.1 Å².